The highest BCUT2D eigenvalue weighted by Gasteiger charge is 2.22. The van der Waals surface area contributed by atoms with E-state index in [4.69, 9.17) is 5.73 Å². The number of amides is 1. The topological polar surface area (TPSA) is 98.3 Å². The van der Waals surface area contributed by atoms with E-state index >= 15 is 0 Å². The van der Waals surface area contributed by atoms with Gasteiger partial charge >= 0.3 is 0 Å². The Kier molecular flexibility index (Phi) is 5.05. The lowest BCUT2D eigenvalue weighted by molar-refractivity contribution is -0.384. The molecule has 0 spiro atoms. The van der Waals surface area contributed by atoms with Crippen LogP contribution in [0, 0.1) is 10.1 Å². The first-order chi connectivity index (χ1) is 10.1. The smallest absolute Gasteiger partial charge is 0.270 e. The molecule has 1 aliphatic carbocycles. The van der Waals surface area contributed by atoms with Crippen LogP contribution in [0.2, 0.25) is 0 Å². The van der Waals surface area contributed by atoms with Crippen molar-refractivity contribution >= 4 is 17.7 Å². The number of benzene rings is 1. The van der Waals surface area contributed by atoms with Gasteiger partial charge in [0.1, 0.15) is 0 Å². The molecule has 3 N–H and O–H groups in total. The summed E-state index contributed by atoms with van der Waals surface area (Å²) in [4.78, 5) is 22.1. The fraction of sp³-hybridized carbons (Fsp3) is 0.400. The summed E-state index contributed by atoms with van der Waals surface area (Å²) in [5.41, 5.74) is 6.60. The van der Waals surface area contributed by atoms with Crippen LogP contribution in [0.4, 0.5) is 5.69 Å². The van der Waals surface area contributed by atoms with Crippen molar-refractivity contribution < 1.29 is 9.72 Å². The van der Waals surface area contributed by atoms with E-state index in [0.29, 0.717) is 5.56 Å². The first-order valence-electron chi connectivity index (χ1n) is 7.05. The summed E-state index contributed by atoms with van der Waals surface area (Å²) >= 11 is 0. The van der Waals surface area contributed by atoms with Crippen molar-refractivity contribution in [1.29, 1.82) is 0 Å². The van der Waals surface area contributed by atoms with Gasteiger partial charge in [0.25, 0.3) is 5.69 Å². The predicted molar refractivity (Wildman–Crippen MR) is 80.5 cm³/mol. The molecular weight excluding hydrogens is 270 g/mol. The average molecular weight is 289 g/mol. The standard InChI is InChI=1S/C15H19N3O3/c16-13-6-1-2-7-14(13)17-15(19)9-8-11-4-3-5-12(10-11)18(20)21/h3-5,8-10,13-14H,1-2,6-7,16H2,(H,17,19)/b9-8+. The number of rotatable bonds is 4. The molecule has 1 aliphatic rings. The van der Waals surface area contributed by atoms with E-state index in [9.17, 15) is 14.9 Å². The summed E-state index contributed by atoms with van der Waals surface area (Å²) in [5.74, 6) is -0.219. The number of carbonyl (C=O) groups is 1. The lowest BCUT2D eigenvalue weighted by Crippen LogP contribution is -2.48. The molecule has 2 atom stereocenters. The maximum atomic E-state index is 11.9. The third kappa shape index (κ3) is 4.39. The molecule has 1 aromatic carbocycles. The zero-order valence-corrected chi connectivity index (χ0v) is 11.7. The molecule has 2 rings (SSSR count). The molecule has 0 bridgehead atoms. The summed E-state index contributed by atoms with van der Waals surface area (Å²) in [6, 6.07) is 6.17. The maximum Gasteiger partial charge on any atom is 0.270 e. The number of nitrogens with one attached hydrogen (secondary N) is 1. The van der Waals surface area contributed by atoms with E-state index in [1.807, 2.05) is 0 Å². The lowest BCUT2D eigenvalue weighted by atomic mass is 9.91. The summed E-state index contributed by atoms with van der Waals surface area (Å²) in [6.07, 6.45) is 6.97. The molecule has 0 heterocycles. The van der Waals surface area contributed by atoms with Crippen LogP contribution in [-0.2, 0) is 4.79 Å². The Morgan fingerprint density at radius 3 is 2.86 bits per heavy atom. The number of hydrogen-bond donors (Lipinski definition) is 2. The highest BCUT2D eigenvalue weighted by atomic mass is 16.6. The van der Waals surface area contributed by atoms with Gasteiger partial charge in [-0.1, -0.05) is 25.0 Å². The van der Waals surface area contributed by atoms with Crippen LogP contribution < -0.4 is 11.1 Å². The second-order valence-electron chi connectivity index (χ2n) is 5.25. The molecule has 0 aliphatic heterocycles. The third-order valence-corrected chi connectivity index (χ3v) is 3.66. The van der Waals surface area contributed by atoms with E-state index < -0.39 is 4.92 Å². The average Bonchev–Trinajstić information content (AvgIpc) is 2.48. The number of nitro groups is 1. The molecule has 2 unspecified atom stereocenters. The first kappa shape index (κ1) is 15.2. The molecule has 1 aromatic rings. The Hall–Kier alpha value is -2.21. The largest absolute Gasteiger partial charge is 0.348 e. The van der Waals surface area contributed by atoms with E-state index in [1.165, 1.54) is 18.2 Å². The number of nitrogens with two attached hydrogens (primary N) is 1. The molecule has 0 aromatic heterocycles. The molecule has 6 nitrogen and oxygen atoms in total. The fourth-order valence-electron chi connectivity index (χ4n) is 2.48. The van der Waals surface area contributed by atoms with Crippen molar-refractivity contribution in [3.8, 4) is 0 Å². The van der Waals surface area contributed by atoms with E-state index in [-0.39, 0.29) is 23.7 Å². The predicted octanol–water partition coefficient (Wildman–Crippen LogP) is 1.99. The van der Waals surface area contributed by atoms with Crippen molar-refractivity contribution in [1.82, 2.24) is 5.32 Å². The number of non-ortho nitro benzene ring substituents is 1. The highest BCUT2D eigenvalue weighted by molar-refractivity contribution is 5.92. The molecule has 0 radical (unpaired) electrons. The Bertz CT molecular complexity index is 557. The Balaban J connectivity index is 1.95. The van der Waals surface area contributed by atoms with E-state index in [1.54, 1.807) is 18.2 Å². The molecule has 6 heteroatoms. The monoisotopic (exact) mass is 289 g/mol. The van der Waals surface area contributed by atoms with E-state index in [0.717, 1.165) is 25.7 Å². The highest BCUT2D eigenvalue weighted by Crippen LogP contribution is 2.17. The number of nitrogens with zero attached hydrogens (tertiary/aromatic N) is 1. The first-order valence-corrected chi connectivity index (χ1v) is 7.05. The summed E-state index contributed by atoms with van der Waals surface area (Å²) in [7, 11) is 0. The SMILES string of the molecule is NC1CCCCC1NC(=O)/C=C/c1cccc([N+](=O)[O-])c1. The van der Waals surface area contributed by atoms with Crippen LogP contribution >= 0.6 is 0 Å². The molecule has 21 heavy (non-hydrogen) atoms. The minimum Gasteiger partial charge on any atom is -0.348 e. The van der Waals surface area contributed by atoms with Crippen molar-refractivity contribution in [2.24, 2.45) is 5.73 Å². The molecule has 0 saturated heterocycles. The van der Waals surface area contributed by atoms with Gasteiger partial charge in [-0.05, 0) is 24.5 Å². The van der Waals surface area contributed by atoms with Crippen LogP contribution in [0.25, 0.3) is 6.08 Å². The fourth-order valence-corrected chi connectivity index (χ4v) is 2.48. The van der Waals surface area contributed by atoms with Crippen LogP contribution in [0.1, 0.15) is 31.2 Å². The van der Waals surface area contributed by atoms with E-state index in [2.05, 4.69) is 5.32 Å². The van der Waals surface area contributed by atoms with Crippen LogP contribution in [0.5, 0.6) is 0 Å². The second-order valence-corrected chi connectivity index (χ2v) is 5.25. The van der Waals surface area contributed by atoms with Gasteiger partial charge in [0.2, 0.25) is 5.91 Å². The van der Waals surface area contributed by atoms with Crippen molar-refractivity contribution in [3.05, 3.63) is 46.0 Å². The third-order valence-electron chi connectivity index (χ3n) is 3.66. The second kappa shape index (κ2) is 6.99. The van der Waals surface area contributed by atoms with Crippen molar-refractivity contribution in [2.45, 2.75) is 37.8 Å². The Morgan fingerprint density at radius 1 is 1.38 bits per heavy atom. The van der Waals surface area contributed by atoms with Gasteiger partial charge in [-0.15, -0.1) is 0 Å². The van der Waals surface area contributed by atoms with Gasteiger partial charge in [0.05, 0.1) is 4.92 Å². The van der Waals surface area contributed by atoms with Crippen molar-refractivity contribution in [3.63, 3.8) is 0 Å². The summed E-state index contributed by atoms with van der Waals surface area (Å²) < 4.78 is 0. The number of carbonyl (C=O) groups excluding carboxylic acids is 1. The maximum absolute atomic E-state index is 11.9. The van der Waals surface area contributed by atoms with Crippen LogP contribution in [0.3, 0.4) is 0 Å². The number of hydrogen-bond acceptors (Lipinski definition) is 4. The van der Waals surface area contributed by atoms with Gasteiger partial charge in [0, 0.05) is 30.3 Å². The minimum absolute atomic E-state index is 0.00635. The van der Waals surface area contributed by atoms with Gasteiger partial charge in [-0.3, -0.25) is 14.9 Å². The summed E-state index contributed by atoms with van der Waals surface area (Å²) in [5, 5.41) is 13.6. The zero-order valence-electron chi connectivity index (χ0n) is 11.7. The van der Waals surface area contributed by atoms with Crippen molar-refractivity contribution in [2.75, 3.05) is 0 Å². The molecule has 1 saturated carbocycles. The quantitative estimate of drug-likeness (QED) is 0.503. The van der Waals surface area contributed by atoms with Crippen LogP contribution in [-0.4, -0.2) is 22.9 Å². The normalized spacial score (nSPS) is 22.1. The Morgan fingerprint density at radius 2 is 2.14 bits per heavy atom. The lowest BCUT2D eigenvalue weighted by Gasteiger charge is -2.28. The minimum atomic E-state index is -0.460. The molecule has 1 fully saturated rings. The van der Waals surface area contributed by atoms with Gasteiger partial charge < -0.3 is 11.1 Å². The number of nitro benzene ring substituents is 1. The van der Waals surface area contributed by atoms with Gasteiger partial charge in [0.15, 0.2) is 0 Å². The van der Waals surface area contributed by atoms with Gasteiger partial charge in [-0.2, -0.15) is 0 Å². The zero-order chi connectivity index (χ0) is 15.2. The summed E-state index contributed by atoms with van der Waals surface area (Å²) in [6.45, 7) is 0. The molecular formula is C15H19N3O3. The Labute approximate surface area is 123 Å². The van der Waals surface area contributed by atoms with Crippen LogP contribution in [0.15, 0.2) is 30.3 Å². The molecule has 1 amide bonds. The van der Waals surface area contributed by atoms with Gasteiger partial charge in [-0.25, -0.2) is 0 Å². The molecule has 112 valence electrons.